The Labute approximate surface area is 89.0 Å². The number of rotatable bonds is 5. The van der Waals surface area contributed by atoms with Crippen LogP contribution in [-0.2, 0) is 0 Å². The lowest BCUT2D eigenvalue weighted by Gasteiger charge is -2.32. The highest BCUT2D eigenvalue weighted by molar-refractivity contribution is 4.92. The lowest BCUT2D eigenvalue weighted by Crippen LogP contribution is -2.37. The van der Waals surface area contributed by atoms with Gasteiger partial charge in [0.25, 0.3) is 0 Å². The van der Waals surface area contributed by atoms with Crippen molar-refractivity contribution in [2.24, 2.45) is 11.8 Å². The predicted octanol–water partition coefficient (Wildman–Crippen LogP) is 3.37. The van der Waals surface area contributed by atoms with E-state index in [9.17, 15) is 0 Å². The molecular weight excluding hydrogens is 170 g/mol. The van der Waals surface area contributed by atoms with Gasteiger partial charge < -0.3 is 5.32 Å². The van der Waals surface area contributed by atoms with Gasteiger partial charge in [-0.3, -0.25) is 0 Å². The van der Waals surface area contributed by atoms with Gasteiger partial charge in [0.05, 0.1) is 0 Å². The molecule has 1 fully saturated rings. The van der Waals surface area contributed by atoms with E-state index in [-0.39, 0.29) is 0 Å². The van der Waals surface area contributed by atoms with Crippen LogP contribution < -0.4 is 5.32 Å². The highest BCUT2D eigenvalue weighted by Gasteiger charge is 2.24. The molecule has 0 aromatic rings. The summed E-state index contributed by atoms with van der Waals surface area (Å²) in [6.07, 6.45) is 8.92. The molecule has 0 saturated heterocycles. The molecule has 82 valence electrons. The van der Waals surface area contributed by atoms with Crippen molar-refractivity contribution in [3.05, 3.63) is 12.7 Å². The summed E-state index contributed by atoms with van der Waals surface area (Å²) in [6.45, 7) is 9.68. The second-order valence-corrected chi connectivity index (χ2v) is 4.75. The van der Waals surface area contributed by atoms with Crippen molar-refractivity contribution in [3.8, 4) is 0 Å². The Morgan fingerprint density at radius 2 is 2.29 bits per heavy atom. The molecule has 0 radical (unpaired) electrons. The van der Waals surface area contributed by atoms with Gasteiger partial charge in [0.15, 0.2) is 0 Å². The van der Waals surface area contributed by atoms with Gasteiger partial charge in [0.2, 0.25) is 0 Å². The molecule has 1 saturated carbocycles. The van der Waals surface area contributed by atoms with E-state index in [1.807, 2.05) is 0 Å². The summed E-state index contributed by atoms with van der Waals surface area (Å²) in [4.78, 5) is 0. The van der Waals surface area contributed by atoms with Crippen molar-refractivity contribution in [2.45, 2.75) is 52.0 Å². The maximum atomic E-state index is 3.95. The fourth-order valence-electron chi connectivity index (χ4n) is 2.56. The quantitative estimate of drug-likeness (QED) is 0.663. The van der Waals surface area contributed by atoms with Crippen LogP contribution >= 0.6 is 0 Å². The van der Waals surface area contributed by atoms with Crippen LogP contribution in [0.25, 0.3) is 0 Å². The van der Waals surface area contributed by atoms with Crippen molar-refractivity contribution in [2.75, 3.05) is 6.54 Å². The topological polar surface area (TPSA) is 12.0 Å². The third-order valence-corrected chi connectivity index (χ3v) is 3.37. The van der Waals surface area contributed by atoms with E-state index in [0.29, 0.717) is 6.04 Å². The van der Waals surface area contributed by atoms with Gasteiger partial charge >= 0.3 is 0 Å². The third-order valence-electron chi connectivity index (χ3n) is 3.37. The molecule has 0 amide bonds. The first kappa shape index (κ1) is 11.8. The summed E-state index contributed by atoms with van der Waals surface area (Å²) in [7, 11) is 0. The van der Waals surface area contributed by atoms with Gasteiger partial charge in [-0.05, 0) is 37.6 Å². The molecule has 14 heavy (non-hydrogen) atoms. The van der Waals surface area contributed by atoms with E-state index in [2.05, 4.69) is 31.8 Å². The number of hydrogen-bond acceptors (Lipinski definition) is 1. The monoisotopic (exact) mass is 195 g/mol. The zero-order valence-corrected chi connectivity index (χ0v) is 9.76. The smallest absolute Gasteiger partial charge is 0.0275 e. The minimum Gasteiger partial charge on any atom is -0.310 e. The summed E-state index contributed by atoms with van der Waals surface area (Å²) >= 11 is 0. The zero-order valence-electron chi connectivity index (χ0n) is 9.76. The van der Waals surface area contributed by atoms with Gasteiger partial charge in [-0.1, -0.05) is 32.8 Å². The van der Waals surface area contributed by atoms with Crippen LogP contribution in [0.15, 0.2) is 12.7 Å². The van der Waals surface area contributed by atoms with Crippen LogP contribution in [0.4, 0.5) is 0 Å². The molecule has 3 atom stereocenters. The normalized spacial score (nSPS) is 29.9. The molecule has 0 aromatic carbocycles. The first-order valence-corrected chi connectivity index (χ1v) is 6.13. The van der Waals surface area contributed by atoms with E-state index in [4.69, 9.17) is 0 Å². The summed E-state index contributed by atoms with van der Waals surface area (Å²) in [5.74, 6) is 1.75. The van der Waals surface area contributed by atoms with Crippen molar-refractivity contribution in [3.63, 3.8) is 0 Å². The molecule has 0 aliphatic heterocycles. The minimum absolute atomic E-state index is 0.553. The predicted molar refractivity (Wildman–Crippen MR) is 63.4 cm³/mol. The Bertz CT molecular complexity index is 165. The molecule has 0 aromatic heterocycles. The van der Waals surface area contributed by atoms with Crippen LogP contribution in [0.2, 0.25) is 0 Å². The fraction of sp³-hybridized carbons (Fsp3) is 0.846. The lowest BCUT2D eigenvalue weighted by atomic mass is 9.78. The Morgan fingerprint density at radius 3 is 2.86 bits per heavy atom. The zero-order chi connectivity index (χ0) is 10.4. The first-order chi connectivity index (χ1) is 6.77. The SMILES string of the molecule is C=CC(NCCC)C1CCCC(C)C1. The van der Waals surface area contributed by atoms with Gasteiger partial charge in [-0.15, -0.1) is 6.58 Å². The van der Waals surface area contributed by atoms with E-state index < -0.39 is 0 Å². The van der Waals surface area contributed by atoms with Crippen molar-refractivity contribution < 1.29 is 0 Å². The second-order valence-electron chi connectivity index (χ2n) is 4.75. The summed E-state index contributed by atoms with van der Waals surface area (Å²) in [6, 6.07) is 0.553. The maximum Gasteiger partial charge on any atom is 0.0275 e. The van der Waals surface area contributed by atoms with Crippen LogP contribution in [0.3, 0.4) is 0 Å². The highest BCUT2D eigenvalue weighted by atomic mass is 14.9. The summed E-state index contributed by atoms with van der Waals surface area (Å²) < 4.78 is 0. The second kappa shape index (κ2) is 6.23. The summed E-state index contributed by atoms with van der Waals surface area (Å²) in [5.41, 5.74) is 0. The molecule has 0 heterocycles. The third kappa shape index (κ3) is 3.45. The first-order valence-electron chi connectivity index (χ1n) is 6.13. The summed E-state index contributed by atoms with van der Waals surface area (Å²) in [5, 5.41) is 3.59. The van der Waals surface area contributed by atoms with E-state index in [0.717, 1.165) is 18.4 Å². The van der Waals surface area contributed by atoms with Gasteiger partial charge in [-0.25, -0.2) is 0 Å². The van der Waals surface area contributed by atoms with Gasteiger partial charge in [0.1, 0.15) is 0 Å². The molecule has 1 aliphatic rings. The van der Waals surface area contributed by atoms with Crippen LogP contribution in [0.1, 0.15) is 46.0 Å². The molecule has 1 heteroatoms. The molecule has 0 spiro atoms. The molecular formula is C13H25N. The van der Waals surface area contributed by atoms with E-state index >= 15 is 0 Å². The number of hydrogen-bond donors (Lipinski definition) is 1. The molecule has 0 bridgehead atoms. The molecule has 1 N–H and O–H groups in total. The standard InChI is InChI=1S/C13H25N/c1-4-9-14-13(5-2)12-8-6-7-11(3)10-12/h5,11-14H,2,4,6-10H2,1,3H3. The molecule has 1 aliphatic carbocycles. The van der Waals surface area contributed by atoms with Crippen molar-refractivity contribution >= 4 is 0 Å². The lowest BCUT2D eigenvalue weighted by molar-refractivity contribution is 0.245. The van der Waals surface area contributed by atoms with E-state index in [1.54, 1.807) is 0 Å². The number of nitrogens with one attached hydrogen (secondary N) is 1. The van der Waals surface area contributed by atoms with Gasteiger partial charge in [-0.2, -0.15) is 0 Å². The Kier molecular flexibility index (Phi) is 5.24. The molecule has 3 unspecified atom stereocenters. The van der Waals surface area contributed by atoms with Crippen LogP contribution in [0.5, 0.6) is 0 Å². The largest absolute Gasteiger partial charge is 0.310 e. The Morgan fingerprint density at radius 1 is 1.50 bits per heavy atom. The minimum atomic E-state index is 0.553. The Balaban J connectivity index is 2.38. The average molecular weight is 195 g/mol. The Hall–Kier alpha value is -0.300. The highest BCUT2D eigenvalue weighted by Crippen LogP contribution is 2.31. The van der Waals surface area contributed by atoms with Crippen LogP contribution in [0, 0.1) is 11.8 Å². The fourth-order valence-corrected chi connectivity index (χ4v) is 2.56. The maximum absolute atomic E-state index is 3.95. The van der Waals surface area contributed by atoms with Gasteiger partial charge in [0, 0.05) is 6.04 Å². The average Bonchev–Trinajstić information content (AvgIpc) is 2.19. The van der Waals surface area contributed by atoms with Crippen molar-refractivity contribution in [1.82, 2.24) is 5.32 Å². The molecule has 1 nitrogen and oxygen atoms in total. The molecule has 1 rings (SSSR count). The van der Waals surface area contributed by atoms with Crippen molar-refractivity contribution in [1.29, 1.82) is 0 Å². The van der Waals surface area contributed by atoms with Crippen LogP contribution in [-0.4, -0.2) is 12.6 Å². The van der Waals surface area contributed by atoms with E-state index in [1.165, 1.54) is 32.1 Å².